The lowest BCUT2D eigenvalue weighted by Gasteiger charge is -1.90. The third-order valence-corrected chi connectivity index (χ3v) is 0.369. The van der Waals surface area contributed by atoms with E-state index in [2.05, 4.69) is 5.43 Å². The first-order valence-electron chi connectivity index (χ1n) is 2.05. The van der Waals surface area contributed by atoms with Gasteiger partial charge in [-0.05, 0) is 13.8 Å². The third-order valence-electron chi connectivity index (χ3n) is 0.369. The zero-order chi connectivity index (χ0) is 5.86. The molecule has 0 radical (unpaired) electrons. The molecular formula is C3H9N2O2+. The molecule has 2 N–H and O–H groups in total. The minimum absolute atomic E-state index is 0.0116. The van der Waals surface area contributed by atoms with Gasteiger partial charge in [-0.2, -0.15) is 0 Å². The normalized spacial score (nSPS) is 9.00. The van der Waals surface area contributed by atoms with Crippen molar-refractivity contribution in [1.29, 1.82) is 0 Å². The van der Waals surface area contributed by atoms with Crippen LogP contribution in [0.2, 0.25) is 0 Å². The summed E-state index contributed by atoms with van der Waals surface area (Å²) in [6, 6.07) is -0.0116. The molecule has 7 heavy (non-hydrogen) atoms. The van der Waals surface area contributed by atoms with Gasteiger partial charge in [-0.1, -0.05) is 5.43 Å². The highest BCUT2D eigenvalue weighted by atomic mass is 16.7. The van der Waals surface area contributed by atoms with E-state index in [0.717, 1.165) is 0 Å². The molecule has 0 amide bonds. The maximum atomic E-state index is 9.62. The molecule has 0 aromatic rings. The molecule has 0 heterocycles. The van der Waals surface area contributed by atoms with Crippen LogP contribution in [0, 0.1) is 4.91 Å². The highest BCUT2D eigenvalue weighted by Gasteiger charge is 2.01. The lowest BCUT2D eigenvalue weighted by atomic mass is 10.4. The SMILES string of the molecule is CC(C)N[N+](=O)O. The highest BCUT2D eigenvalue weighted by Crippen LogP contribution is 1.70. The van der Waals surface area contributed by atoms with Crippen LogP contribution >= 0.6 is 0 Å². The molecule has 0 aliphatic heterocycles. The first-order valence-corrected chi connectivity index (χ1v) is 2.05. The fourth-order valence-corrected chi connectivity index (χ4v) is 0.221. The van der Waals surface area contributed by atoms with Gasteiger partial charge in [-0.3, -0.25) is 0 Å². The monoisotopic (exact) mass is 105 g/mol. The van der Waals surface area contributed by atoms with Crippen LogP contribution in [0.1, 0.15) is 13.8 Å². The Kier molecular flexibility index (Phi) is 2.11. The summed E-state index contributed by atoms with van der Waals surface area (Å²) in [5.74, 6) is 0. The summed E-state index contributed by atoms with van der Waals surface area (Å²) in [5.41, 5.74) is 2.14. The van der Waals surface area contributed by atoms with Crippen molar-refractivity contribution in [3.05, 3.63) is 4.91 Å². The van der Waals surface area contributed by atoms with Gasteiger partial charge in [0.1, 0.15) is 4.91 Å². The van der Waals surface area contributed by atoms with E-state index in [0.29, 0.717) is 0 Å². The minimum Gasteiger partial charge on any atom is -0.219 e. The Morgan fingerprint density at radius 3 is 2.14 bits per heavy atom. The standard InChI is InChI=1S/C3H9N2O2/c1-3(2)4-5(6)7/h3-4H,1-2H3,(H,6,7)/q+1. The van der Waals surface area contributed by atoms with E-state index in [1.165, 1.54) is 0 Å². The van der Waals surface area contributed by atoms with E-state index in [9.17, 15) is 4.91 Å². The number of hydrazine groups is 1. The molecule has 0 aliphatic carbocycles. The molecule has 0 saturated carbocycles. The van der Waals surface area contributed by atoms with E-state index < -0.39 is 0 Å². The fourth-order valence-electron chi connectivity index (χ4n) is 0.221. The van der Waals surface area contributed by atoms with Gasteiger partial charge >= 0.3 is 5.03 Å². The average Bonchev–Trinajstić information content (AvgIpc) is 1.27. The Labute approximate surface area is 41.6 Å². The zero-order valence-corrected chi connectivity index (χ0v) is 4.38. The van der Waals surface area contributed by atoms with E-state index in [1.54, 1.807) is 13.8 Å². The van der Waals surface area contributed by atoms with Crippen LogP contribution in [0.4, 0.5) is 0 Å². The van der Waals surface area contributed by atoms with Crippen molar-refractivity contribution in [3.8, 4) is 0 Å². The maximum Gasteiger partial charge on any atom is 0.354 e. The first-order chi connectivity index (χ1) is 3.13. The Morgan fingerprint density at radius 1 is 1.71 bits per heavy atom. The van der Waals surface area contributed by atoms with Crippen molar-refractivity contribution in [2.75, 3.05) is 0 Å². The van der Waals surface area contributed by atoms with Crippen molar-refractivity contribution < 1.29 is 10.2 Å². The quantitative estimate of drug-likeness (QED) is 0.488. The second kappa shape index (κ2) is 2.39. The molecule has 4 nitrogen and oxygen atoms in total. The van der Waals surface area contributed by atoms with E-state index in [-0.39, 0.29) is 11.1 Å². The van der Waals surface area contributed by atoms with Gasteiger partial charge in [0.15, 0.2) is 0 Å². The Hall–Kier alpha value is -0.800. The second-order valence-electron chi connectivity index (χ2n) is 1.56. The summed E-state index contributed by atoms with van der Waals surface area (Å²) in [5, 5.41) is 7.59. The molecule has 0 atom stereocenters. The molecule has 0 aliphatic rings. The van der Waals surface area contributed by atoms with Crippen molar-refractivity contribution >= 4 is 0 Å². The lowest BCUT2D eigenvalue weighted by molar-refractivity contribution is -0.835. The van der Waals surface area contributed by atoms with E-state index in [1.807, 2.05) is 0 Å². The van der Waals surface area contributed by atoms with Gasteiger partial charge < -0.3 is 0 Å². The molecule has 0 spiro atoms. The molecule has 0 unspecified atom stereocenters. The average molecular weight is 105 g/mol. The van der Waals surface area contributed by atoms with Crippen molar-refractivity contribution in [3.63, 3.8) is 0 Å². The summed E-state index contributed by atoms with van der Waals surface area (Å²) in [6.07, 6.45) is 0. The summed E-state index contributed by atoms with van der Waals surface area (Å²) in [4.78, 5) is 9.62. The van der Waals surface area contributed by atoms with Crippen LogP contribution in [-0.4, -0.2) is 16.3 Å². The van der Waals surface area contributed by atoms with E-state index >= 15 is 0 Å². The number of nitrogens with one attached hydrogen (secondary N) is 1. The number of hydrogen-bond donors (Lipinski definition) is 2. The largest absolute Gasteiger partial charge is 0.354 e. The van der Waals surface area contributed by atoms with Crippen LogP contribution in [-0.2, 0) is 0 Å². The summed E-state index contributed by atoms with van der Waals surface area (Å²) in [7, 11) is 0. The minimum atomic E-state index is -0.301. The van der Waals surface area contributed by atoms with Crippen LogP contribution in [0.25, 0.3) is 0 Å². The molecule has 0 fully saturated rings. The third kappa shape index (κ3) is 5.20. The molecular weight excluding hydrogens is 96.0 g/mol. The molecule has 0 bridgehead atoms. The maximum absolute atomic E-state index is 9.62. The van der Waals surface area contributed by atoms with Crippen LogP contribution < -0.4 is 5.43 Å². The second-order valence-corrected chi connectivity index (χ2v) is 1.56. The Balaban J connectivity index is 3.13. The molecule has 0 rings (SSSR count). The van der Waals surface area contributed by atoms with E-state index in [4.69, 9.17) is 5.21 Å². The summed E-state index contributed by atoms with van der Waals surface area (Å²) in [6.45, 7) is 3.50. The fraction of sp³-hybridized carbons (Fsp3) is 1.00. The number of rotatable bonds is 2. The molecule has 0 aromatic heterocycles. The predicted molar refractivity (Wildman–Crippen MR) is 23.7 cm³/mol. The van der Waals surface area contributed by atoms with Gasteiger partial charge in [0.2, 0.25) is 0 Å². The van der Waals surface area contributed by atoms with Gasteiger partial charge in [0.05, 0.1) is 6.04 Å². The number of hydrogen-bond acceptors (Lipinski definition) is 1. The molecule has 0 aromatic carbocycles. The Bertz CT molecular complexity index is 71.3. The topological polar surface area (TPSA) is 52.3 Å². The van der Waals surface area contributed by atoms with Gasteiger partial charge in [0, 0.05) is 0 Å². The van der Waals surface area contributed by atoms with Crippen LogP contribution in [0.3, 0.4) is 0 Å². The predicted octanol–water partition coefficient (Wildman–Crippen LogP) is 0.0675. The van der Waals surface area contributed by atoms with Crippen LogP contribution in [0.5, 0.6) is 0 Å². The molecule has 4 heteroatoms. The Morgan fingerprint density at radius 2 is 2.14 bits per heavy atom. The van der Waals surface area contributed by atoms with Crippen molar-refractivity contribution in [2.24, 2.45) is 0 Å². The smallest absolute Gasteiger partial charge is 0.219 e. The summed E-state index contributed by atoms with van der Waals surface area (Å²) >= 11 is 0. The van der Waals surface area contributed by atoms with Crippen molar-refractivity contribution in [1.82, 2.24) is 5.43 Å². The first kappa shape index (κ1) is 6.20. The van der Waals surface area contributed by atoms with Crippen molar-refractivity contribution in [2.45, 2.75) is 19.9 Å². The van der Waals surface area contributed by atoms with Gasteiger partial charge in [-0.25, -0.2) is 5.21 Å². The van der Waals surface area contributed by atoms with Gasteiger partial charge in [-0.15, -0.1) is 0 Å². The summed E-state index contributed by atoms with van der Waals surface area (Å²) < 4.78 is 0. The van der Waals surface area contributed by atoms with Gasteiger partial charge in [0.25, 0.3) is 0 Å². The highest BCUT2D eigenvalue weighted by molar-refractivity contribution is 4.35. The molecule has 0 saturated heterocycles. The lowest BCUT2D eigenvalue weighted by Crippen LogP contribution is -2.30. The molecule has 42 valence electrons. The zero-order valence-electron chi connectivity index (χ0n) is 4.38. The number of nitrogens with zero attached hydrogens (tertiary/aromatic N) is 1. The van der Waals surface area contributed by atoms with Crippen LogP contribution in [0.15, 0.2) is 0 Å².